The predicted molar refractivity (Wildman–Crippen MR) is 80.0 cm³/mol. The average Bonchev–Trinajstić information content (AvgIpc) is 2.88. The smallest absolute Gasteiger partial charge is 0.272 e. The molecule has 0 saturated carbocycles. The summed E-state index contributed by atoms with van der Waals surface area (Å²) >= 11 is 1.41. The van der Waals surface area contributed by atoms with Crippen molar-refractivity contribution in [3.8, 4) is 0 Å². The molecule has 0 bridgehead atoms. The van der Waals surface area contributed by atoms with Crippen molar-refractivity contribution < 1.29 is 13.2 Å². The van der Waals surface area contributed by atoms with Gasteiger partial charge in [-0.3, -0.25) is 4.40 Å². The predicted octanol–water partition coefficient (Wildman–Crippen LogP) is 4.23. The molecule has 0 aliphatic rings. The van der Waals surface area contributed by atoms with Crippen LogP contribution in [0.1, 0.15) is 45.1 Å². The fraction of sp³-hybridized carbons (Fsp3) is 0.643. The summed E-state index contributed by atoms with van der Waals surface area (Å²) in [5.41, 5.74) is 0.703. The Morgan fingerprint density at radius 2 is 2.00 bits per heavy atom. The van der Waals surface area contributed by atoms with Crippen molar-refractivity contribution in [3.05, 3.63) is 17.7 Å². The summed E-state index contributed by atoms with van der Waals surface area (Å²) < 4.78 is 40.6. The number of aromatic nitrogens is 4. The molecule has 2 rings (SSSR count). The minimum absolute atomic E-state index is 0.201. The van der Waals surface area contributed by atoms with E-state index < -0.39 is 12.0 Å². The molecule has 4 nitrogen and oxygen atoms in total. The third kappa shape index (κ3) is 3.71. The molecule has 2 aromatic rings. The van der Waals surface area contributed by atoms with Gasteiger partial charge in [0.25, 0.3) is 0 Å². The molecule has 0 aromatic carbocycles. The van der Waals surface area contributed by atoms with E-state index in [0.29, 0.717) is 23.1 Å². The number of alkyl halides is 3. The van der Waals surface area contributed by atoms with Crippen LogP contribution in [0.2, 0.25) is 0 Å². The minimum Gasteiger partial charge on any atom is -0.272 e. The summed E-state index contributed by atoms with van der Waals surface area (Å²) in [5.74, 6) is 0.213. The van der Waals surface area contributed by atoms with Crippen LogP contribution in [0.4, 0.5) is 13.2 Å². The number of fused-ring (bicyclic) bond motifs is 1. The molecule has 0 radical (unpaired) electrons. The third-order valence-electron chi connectivity index (χ3n) is 3.07. The van der Waals surface area contributed by atoms with E-state index in [2.05, 4.69) is 15.2 Å². The van der Waals surface area contributed by atoms with Crippen LogP contribution in [0.15, 0.2) is 11.2 Å². The van der Waals surface area contributed by atoms with Crippen LogP contribution in [0.25, 0.3) is 5.65 Å². The molecule has 0 spiro atoms. The number of halogens is 3. The minimum atomic E-state index is -4.53. The first-order valence-corrected chi connectivity index (χ1v) is 8.26. The molecule has 0 fully saturated rings. The van der Waals surface area contributed by atoms with Gasteiger partial charge in [-0.2, -0.15) is 13.2 Å². The molecular formula is C14H19F3N4S. The highest BCUT2D eigenvalue weighted by Gasteiger charge is 2.38. The van der Waals surface area contributed by atoms with Crippen molar-refractivity contribution in [2.45, 2.75) is 51.2 Å². The number of hydrogen-bond donors (Lipinski definition) is 0. The molecule has 0 aliphatic heterocycles. The van der Waals surface area contributed by atoms with E-state index in [4.69, 9.17) is 0 Å². The van der Waals surface area contributed by atoms with Crippen LogP contribution in [-0.4, -0.2) is 25.3 Å². The standard InChI is InChI=1S/C14H19F3N4S/c1-4-5-6-10-7-18-12(22-8-9(2)3)11-19-20-13(21(10)11)14(15,16)17/h7,9H,4-6,8H2,1-3H3. The number of thioether (sulfide) groups is 1. The summed E-state index contributed by atoms with van der Waals surface area (Å²) in [6.07, 6.45) is -0.790. The lowest BCUT2D eigenvalue weighted by Gasteiger charge is -2.11. The summed E-state index contributed by atoms with van der Waals surface area (Å²) in [7, 11) is 0. The molecule has 22 heavy (non-hydrogen) atoms. The highest BCUT2D eigenvalue weighted by Crippen LogP contribution is 2.31. The molecule has 0 atom stereocenters. The van der Waals surface area contributed by atoms with Crippen molar-refractivity contribution in [2.75, 3.05) is 5.75 Å². The van der Waals surface area contributed by atoms with Gasteiger partial charge in [0, 0.05) is 17.6 Å². The SMILES string of the molecule is CCCCc1cnc(SCC(C)C)c2nnc(C(F)(F)F)n12. The molecule has 2 heterocycles. The first-order chi connectivity index (χ1) is 10.3. The fourth-order valence-electron chi connectivity index (χ4n) is 2.01. The maximum atomic E-state index is 13.1. The zero-order chi connectivity index (χ0) is 16.3. The maximum absolute atomic E-state index is 13.1. The zero-order valence-corrected chi connectivity index (χ0v) is 13.6. The highest BCUT2D eigenvalue weighted by molar-refractivity contribution is 7.99. The van der Waals surface area contributed by atoms with Crippen LogP contribution < -0.4 is 0 Å². The van der Waals surface area contributed by atoms with Gasteiger partial charge in [0.05, 0.1) is 0 Å². The number of nitrogens with zero attached hydrogens (tertiary/aromatic N) is 4. The largest absolute Gasteiger partial charge is 0.452 e. The van der Waals surface area contributed by atoms with Crippen molar-refractivity contribution >= 4 is 17.4 Å². The number of aryl methyl sites for hydroxylation is 1. The second kappa shape index (κ2) is 6.85. The molecule has 0 amide bonds. The Bertz CT molecular complexity index is 637. The van der Waals surface area contributed by atoms with E-state index in [-0.39, 0.29) is 5.65 Å². The molecular weight excluding hydrogens is 313 g/mol. The van der Waals surface area contributed by atoms with Crippen molar-refractivity contribution in [3.63, 3.8) is 0 Å². The van der Waals surface area contributed by atoms with Crippen LogP contribution in [0.5, 0.6) is 0 Å². The zero-order valence-electron chi connectivity index (χ0n) is 12.8. The lowest BCUT2D eigenvalue weighted by molar-refractivity contribution is -0.145. The van der Waals surface area contributed by atoms with Crippen LogP contribution in [-0.2, 0) is 12.6 Å². The maximum Gasteiger partial charge on any atom is 0.452 e. The van der Waals surface area contributed by atoms with Gasteiger partial charge in [-0.25, -0.2) is 4.98 Å². The number of hydrogen-bond acceptors (Lipinski definition) is 4. The quantitative estimate of drug-likeness (QED) is 0.742. The summed E-state index contributed by atoms with van der Waals surface area (Å²) in [6.45, 7) is 6.09. The van der Waals surface area contributed by atoms with Crippen LogP contribution in [0, 0.1) is 5.92 Å². The lowest BCUT2D eigenvalue weighted by atomic mass is 10.2. The van der Waals surface area contributed by atoms with Crippen molar-refractivity contribution in [1.82, 2.24) is 19.6 Å². The second-order valence-corrected chi connectivity index (χ2v) is 6.55. The molecule has 122 valence electrons. The summed E-state index contributed by atoms with van der Waals surface area (Å²) in [5, 5.41) is 7.60. The van der Waals surface area contributed by atoms with Gasteiger partial charge in [-0.05, 0) is 18.8 Å². The lowest BCUT2D eigenvalue weighted by Crippen LogP contribution is -2.14. The Hall–Kier alpha value is -1.31. The average molecular weight is 332 g/mol. The molecule has 8 heteroatoms. The Kier molecular flexibility index (Phi) is 5.31. The molecule has 0 unspecified atom stereocenters. The first-order valence-electron chi connectivity index (χ1n) is 7.27. The van der Waals surface area contributed by atoms with Gasteiger partial charge in [-0.15, -0.1) is 22.0 Å². The van der Waals surface area contributed by atoms with E-state index in [1.54, 1.807) is 0 Å². The molecule has 0 saturated heterocycles. The van der Waals surface area contributed by atoms with Gasteiger partial charge >= 0.3 is 6.18 Å². The molecule has 0 N–H and O–H groups in total. The monoisotopic (exact) mass is 332 g/mol. The van der Waals surface area contributed by atoms with E-state index >= 15 is 0 Å². The highest BCUT2D eigenvalue weighted by atomic mass is 32.2. The van der Waals surface area contributed by atoms with Gasteiger partial charge in [0.2, 0.25) is 5.82 Å². The Labute approximate surface area is 131 Å². The van der Waals surface area contributed by atoms with Crippen molar-refractivity contribution in [2.24, 2.45) is 5.92 Å². The van der Waals surface area contributed by atoms with Crippen LogP contribution in [0.3, 0.4) is 0 Å². The first kappa shape index (κ1) is 17.1. The van der Waals surface area contributed by atoms with Gasteiger partial charge in [0.15, 0.2) is 5.65 Å². The van der Waals surface area contributed by atoms with Gasteiger partial charge < -0.3 is 0 Å². The Morgan fingerprint density at radius 3 is 2.59 bits per heavy atom. The van der Waals surface area contributed by atoms with Gasteiger partial charge in [0.1, 0.15) is 5.03 Å². The Morgan fingerprint density at radius 1 is 1.27 bits per heavy atom. The fourth-order valence-corrected chi connectivity index (χ4v) is 2.89. The van der Waals surface area contributed by atoms with Crippen molar-refractivity contribution in [1.29, 1.82) is 0 Å². The van der Waals surface area contributed by atoms with Gasteiger partial charge in [-0.1, -0.05) is 27.2 Å². The number of unbranched alkanes of at least 4 members (excludes halogenated alkanes) is 1. The van der Waals surface area contributed by atoms with E-state index in [1.165, 1.54) is 18.0 Å². The summed E-state index contributed by atoms with van der Waals surface area (Å²) in [4.78, 5) is 4.30. The second-order valence-electron chi connectivity index (χ2n) is 5.54. The molecule has 2 aromatic heterocycles. The van der Waals surface area contributed by atoms with E-state index in [1.807, 2.05) is 20.8 Å². The molecule has 0 aliphatic carbocycles. The third-order valence-corrected chi connectivity index (χ3v) is 4.46. The summed E-state index contributed by atoms with van der Waals surface area (Å²) in [6, 6.07) is 0. The van der Waals surface area contributed by atoms with Crippen LogP contribution >= 0.6 is 11.8 Å². The normalized spacial score (nSPS) is 12.5. The number of rotatable bonds is 6. The Balaban J connectivity index is 2.51. The topological polar surface area (TPSA) is 43.1 Å². The van der Waals surface area contributed by atoms with E-state index in [0.717, 1.165) is 23.0 Å². The van der Waals surface area contributed by atoms with E-state index in [9.17, 15) is 13.2 Å².